The van der Waals surface area contributed by atoms with Crippen LogP contribution in [0.15, 0.2) is 107 Å². The summed E-state index contributed by atoms with van der Waals surface area (Å²) in [4.78, 5) is 7.94. The van der Waals surface area contributed by atoms with Gasteiger partial charge < -0.3 is 14.9 Å². The number of alkyl halides is 4. The molecular weight excluding hydrogens is 614 g/mol. The van der Waals surface area contributed by atoms with Gasteiger partial charge in [0, 0.05) is 35.8 Å². The maximum absolute atomic E-state index is 14.9. The van der Waals surface area contributed by atoms with Crippen LogP contribution in [-0.4, -0.2) is 41.7 Å². The highest BCUT2D eigenvalue weighted by molar-refractivity contribution is 7.92. The number of nitrogens with zero attached hydrogens (tertiary/aromatic N) is 3. The van der Waals surface area contributed by atoms with E-state index in [1.165, 1.54) is 24.3 Å². The molecule has 0 saturated heterocycles. The number of hydrogen-bond donors (Lipinski definition) is 3. The zero-order valence-electron chi connectivity index (χ0n) is 23.4. The molecule has 0 saturated carbocycles. The number of aliphatic hydroxyl groups is 1. The van der Waals surface area contributed by atoms with Crippen molar-refractivity contribution in [2.45, 2.75) is 29.8 Å². The van der Waals surface area contributed by atoms with E-state index >= 15 is 0 Å². The summed E-state index contributed by atoms with van der Waals surface area (Å²) < 4.78 is 86.6. The van der Waals surface area contributed by atoms with Crippen molar-refractivity contribution in [1.29, 1.82) is 0 Å². The van der Waals surface area contributed by atoms with Gasteiger partial charge >= 0.3 is 6.18 Å². The summed E-state index contributed by atoms with van der Waals surface area (Å²) in [6.07, 6.45) is -3.25. The maximum Gasteiger partial charge on any atom is 0.416 e. The van der Waals surface area contributed by atoms with Crippen molar-refractivity contribution in [3.8, 4) is 11.4 Å². The van der Waals surface area contributed by atoms with Crippen LogP contribution in [-0.2, 0) is 22.6 Å². The molecule has 0 radical (unpaired) electrons. The Morgan fingerprint density at radius 1 is 0.911 bits per heavy atom. The van der Waals surface area contributed by atoms with Crippen LogP contribution in [0.2, 0.25) is 0 Å². The van der Waals surface area contributed by atoms with Gasteiger partial charge in [-0.15, -0.1) is 0 Å². The van der Waals surface area contributed by atoms with Crippen molar-refractivity contribution in [3.63, 3.8) is 0 Å². The molecule has 2 atom stereocenters. The molecule has 0 fully saturated rings. The van der Waals surface area contributed by atoms with E-state index in [-0.39, 0.29) is 16.3 Å². The van der Waals surface area contributed by atoms with Crippen LogP contribution in [0.25, 0.3) is 11.4 Å². The molecule has 0 aliphatic heterocycles. The molecule has 0 bridgehead atoms. The predicted octanol–water partition coefficient (Wildman–Crippen LogP) is 5.88. The Kier molecular flexibility index (Phi) is 9.56. The minimum Gasteiger partial charge on any atom is -0.387 e. The first-order valence-electron chi connectivity index (χ1n) is 13.7. The minimum absolute atomic E-state index is 0.0202. The van der Waals surface area contributed by atoms with Gasteiger partial charge in [0.15, 0.2) is 0 Å². The van der Waals surface area contributed by atoms with E-state index in [9.17, 15) is 31.1 Å². The lowest BCUT2D eigenvalue weighted by Gasteiger charge is -2.12. The number of nitrogens with one attached hydrogen (secondary N) is 2. The van der Waals surface area contributed by atoms with Crippen molar-refractivity contribution < 1.29 is 35.6 Å². The largest absolute Gasteiger partial charge is 0.416 e. The quantitative estimate of drug-likeness (QED) is 0.114. The smallest absolute Gasteiger partial charge is 0.387 e. The third-order valence-corrected chi connectivity index (χ3v) is 8.21. The first-order valence-corrected chi connectivity index (χ1v) is 15.1. The first kappa shape index (κ1) is 31.8. The van der Waals surface area contributed by atoms with Crippen LogP contribution >= 0.6 is 0 Å². The summed E-state index contributed by atoms with van der Waals surface area (Å²) in [5.41, 5.74) is 1.40. The number of halogens is 4. The molecule has 0 amide bonds. The summed E-state index contributed by atoms with van der Waals surface area (Å²) in [6.45, 7) is 0.979. The van der Waals surface area contributed by atoms with E-state index in [0.717, 1.165) is 35.4 Å². The summed E-state index contributed by atoms with van der Waals surface area (Å²) >= 11 is 0. The summed E-state index contributed by atoms with van der Waals surface area (Å²) in [7, 11) is -3.94. The van der Waals surface area contributed by atoms with Crippen molar-refractivity contribution in [2.24, 2.45) is 0 Å². The van der Waals surface area contributed by atoms with E-state index < -0.39 is 39.9 Å². The molecule has 0 aliphatic rings. The SMILES string of the molecule is O=S(=O)(Nc1ccc(CCNC[C@@H](O)c2cccnc2)cc1)c1ccc(-c2noc(C(F)c3ccc(C(F)(F)F)cc3)n2)cc1. The molecule has 5 rings (SSSR count). The fraction of sp³-hybridized carbons (Fsp3) is 0.194. The van der Waals surface area contributed by atoms with Crippen LogP contribution in [0.3, 0.4) is 0 Å². The third kappa shape index (κ3) is 8.09. The maximum atomic E-state index is 14.9. The number of aliphatic hydroxyl groups excluding tert-OH is 1. The van der Waals surface area contributed by atoms with Crippen LogP contribution < -0.4 is 10.0 Å². The van der Waals surface area contributed by atoms with Gasteiger partial charge in [-0.3, -0.25) is 9.71 Å². The van der Waals surface area contributed by atoms with Gasteiger partial charge in [0.1, 0.15) is 0 Å². The van der Waals surface area contributed by atoms with Gasteiger partial charge in [-0.1, -0.05) is 35.5 Å². The molecule has 2 heterocycles. The van der Waals surface area contributed by atoms with Crippen LogP contribution in [0, 0.1) is 0 Å². The lowest BCUT2D eigenvalue weighted by molar-refractivity contribution is -0.137. The number of rotatable bonds is 12. The fourth-order valence-electron chi connectivity index (χ4n) is 4.34. The second-order valence-corrected chi connectivity index (χ2v) is 11.7. The topological polar surface area (TPSA) is 130 Å². The van der Waals surface area contributed by atoms with Crippen molar-refractivity contribution >= 4 is 15.7 Å². The van der Waals surface area contributed by atoms with Gasteiger partial charge in [-0.25, -0.2) is 12.8 Å². The average Bonchev–Trinajstić information content (AvgIpc) is 3.54. The van der Waals surface area contributed by atoms with E-state index in [1.54, 1.807) is 48.8 Å². The van der Waals surface area contributed by atoms with Gasteiger partial charge in [-0.05, 0) is 78.7 Å². The molecule has 234 valence electrons. The summed E-state index contributed by atoms with van der Waals surface area (Å²) in [5, 5.41) is 17.1. The van der Waals surface area contributed by atoms with Crippen molar-refractivity contribution in [3.05, 3.63) is 125 Å². The van der Waals surface area contributed by atoms with Gasteiger partial charge in [0.25, 0.3) is 15.9 Å². The zero-order valence-corrected chi connectivity index (χ0v) is 24.3. The molecule has 5 aromatic rings. The number of benzene rings is 3. The van der Waals surface area contributed by atoms with Crippen LogP contribution in [0.1, 0.15) is 40.4 Å². The highest BCUT2D eigenvalue weighted by Gasteiger charge is 2.31. The van der Waals surface area contributed by atoms with Crippen molar-refractivity contribution in [1.82, 2.24) is 20.4 Å². The van der Waals surface area contributed by atoms with Crippen LogP contribution in [0.4, 0.5) is 23.2 Å². The monoisotopic (exact) mass is 641 g/mol. The second kappa shape index (κ2) is 13.5. The van der Waals surface area contributed by atoms with Gasteiger partial charge in [0.05, 0.1) is 16.6 Å². The molecule has 3 N–H and O–H groups in total. The average molecular weight is 642 g/mol. The highest BCUT2D eigenvalue weighted by Crippen LogP contribution is 2.32. The minimum atomic E-state index is -4.55. The fourth-order valence-corrected chi connectivity index (χ4v) is 5.40. The van der Waals surface area contributed by atoms with Gasteiger partial charge in [-0.2, -0.15) is 18.2 Å². The molecule has 2 aromatic heterocycles. The third-order valence-electron chi connectivity index (χ3n) is 6.82. The van der Waals surface area contributed by atoms with Crippen LogP contribution in [0.5, 0.6) is 0 Å². The van der Waals surface area contributed by atoms with E-state index in [2.05, 4.69) is 25.2 Å². The van der Waals surface area contributed by atoms with E-state index in [4.69, 9.17) is 4.52 Å². The molecular formula is C31H27F4N5O4S. The number of anilines is 1. The van der Waals surface area contributed by atoms with E-state index in [0.29, 0.717) is 30.8 Å². The van der Waals surface area contributed by atoms with Gasteiger partial charge in [0.2, 0.25) is 12.0 Å². The molecule has 14 heteroatoms. The molecule has 0 spiro atoms. The molecule has 45 heavy (non-hydrogen) atoms. The second-order valence-electron chi connectivity index (χ2n) is 10.0. The number of hydrogen-bond acceptors (Lipinski definition) is 8. The molecule has 9 nitrogen and oxygen atoms in total. The molecule has 3 aromatic carbocycles. The normalized spacial score (nSPS) is 13.4. The Balaban J connectivity index is 1.14. The number of aromatic nitrogens is 3. The Hall–Kier alpha value is -4.66. The molecule has 0 aliphatic carbocycles. The number of sulfonamides is 1. The standard InChI is InChI=1S/C31H27F4N5O4S/c32-28(21-5-9-24(10-6-21)31(33,34)35)30-38-29(39-44-30)22-7-13-26(14-8-22)45(42,43)40-25-11-3-20(4-12-25)15-17-37-19-27(41)23-2-1-16-36-18-23/h1-14,16,18,27-28,37,40-41H,15,17,19H2/t27-,28?/m1/s1. The Morgan fingerprint density at radius 3 is 2.27 bits per heavy atom. The first-order chi connectivity index (χ1) is 21.5. The number of pyridine rings is 1. The predicted molar refractivity (Wildman–Crippen MR) is 157 cm³/mol. The Morgan fingerprint density at radius 2 is 1.62 bits per heavy atom. The lowest BCUT2D eigenvalue weighted by Crippen LogP contribution is -2.23. The highest BCUT2D eigenvalue weighted by atomic mass is 32.2. The van der Waals surface area contributed by atoms with E-state index in [1.807, 2.05) is 0 Å². The Bertz CT molecular complexity index is 1800. The molecule has 1 unspecified atom stereocenters. The summed E-state index contributed by atoms with van der Waals surface area (Å²) in [6, 6.07) is 19.5. The lowest BCUT2D eigenvalue weighted by atomic mass is 10.1. The Labute approximate surface area is 256 Å². The zero-order chi connectivity index (χ0) is 32.0. The summed E-state index contributed by atoms with van der Waals surface area (Å²) in [5.74, 6) is -0.474. The van der Waals surface area contributed by atoms with Crippen molar-refractivity contribution in [2.75, 3.05) is 17.8 Å².